The van der Waals surface area contributed by atoms with Gasteiger partial charge in [0, 0.05) is 11.1 Å². The van der Waals surface area contributed by atoms with Gasteiger partial charge in [0.2, 0.25) is 0 Å². The van der Waals surface area contributed by atoms with Gasteiger partial charge in [-0.2, -0.15) is 15.4 Å². The number of hydrogen-bond donors (Lipinski definition) is 3. The van der Waals surface area contributed by atoms with Crippen LogP contribution in [0.5, 0.6) is 11.5 Å². The first-order chi connectivity index (χ1) is 11.6. The van der Waals surface area contributed by atoms with Crippen LogP contribution in [0.3, 0.4) is 0 Å². The molecule has 120 valence electrons. The maximum Gasteiger partial charge on any atom is 0.123 e. The van der Waals surface area contributed by atoms with Gasteiger partial charge in [-0.25, -0.2) is 0 Å². The topological polar surface area (TPSA) is 82.0 Å². The first-order valence-corrected chi connectivity index (χ1v) is 7.48. The average Bonchev–Trinajstić information content (AvgIpc) is 3.07. The van der Waals surface area contributed by atoms with Crippen LogP contribution in [0.4, 0.5) is 0 Å². The quantitative estimate of drug-likeness (QED) is 0.495. The highest BCUT2D eigenvalue weighted by atomic mass is 16.3. The van der Waals surface area contributed by atoms with E-state index in [1.165, 1.54) is 5.56 Å². The highest BCUT2D eigenvalue weighted by Gasteiger charge is 2.09. The molecular weight excluding hydrogens is 302 g/mol. The van der Waals surface area contributed by atoms with E-state index in [0.29, 0.717) is 5.75 Å². The third kappa shape index (κ3) is 3.35. The number of rotatable bonds is 1. The molecule has 3 aromatic carbocycles. The van der Waals surface area contributed by atoms with E-state index < -0.39 is 0 Å². The van der Waals surface area contributed by atoms with E-state index in [1.807, 2.05) is 49.4 Å². The smallest absolute Gasteiger partial charge is 0.123 e. The number of aromatic amines is 1. The molecule has 0 spiro atoms. The summed E-state index contributed by atoms with van der Waals surface area (Å²) in [5.41, 5.74) is 4.37. The first kappa shape index (κ1) is 15.6. The Morgan fingerprint density at radius 2 is 1.46 bits per heavy atom. The van der Waals surface area contributed by atoms with Crippen molar-refractivity contribution in [2.24, 2.45) is 0 Å². The fourth-order valence-corrected chi connectivity index (χ4v) is 2.33. The molecule has 0 aliphatic carbocycles. The number of para-hydroxylation sites is 2. The third-order valence-corrected chi connectivity index (χ3v) is 3.58. The van der Waals surface area contributed by atoms with Gasteiger partial charge >= 0.3 is 0 Å². The molecule has 24 heavy (non-hydrogen) atoms. The Bertz CT molecular complexity index is 925. The largest absolute Gasteiger partial charge is 0.508 e. The highest BCUT2D eigenvalue weighted by Crippen LogP contribution is 2.32. The second kappa shape index (κ2) is 6.83. The zero-order valence-electron chi connectivity index (χ0n) is 13.1. The van der Waals surface area contributed by atoms with Crippen LogP contribution in [0.25, 0.3) is 22.2 Å². The summed E-state index contributed by atoms with van der Waals surface area (Å²) in [6.45, 7) is 1.99. The monoisotopic (exact) mass is 319 g/mol. The molecule has 4 rings (SSSR count). The van der Waals surface area contributed by atoms with Gasteiger partial charge < -0.3 is 10.2 Å². The van der Waals surface area contributed by atoms with E-state index in [1.54, 1.807) is 24.3 Å². The van der Waals surface area contributed by atoms with E-state index in [0.717, 1.165) is 22.2 Å². The third-order valence-electron chi connectivity index (χ3n) is 3.58. The van der Waals surface area contributed by atoms with Crippen molar-refractivity contribution in [2.45, 2.75) is 6.92 Å². The molecule has 5 nitrogen and oxygen atoms in total. The highest BCUT2D eigenvalue weighted by molar-refractivity contribution is 5.92. The molecule has 0 aliphatic heterocycles. The van der Waals surface area contributed by atoms with E-state index >= 15 is 0 Å². The molecule has 4 aromatic rings. The first-order valence-electron chi connectivity index (χ1n) is 7.48. The molecule has 5 heteroatoms. The van der Waals surface area contributed by atoms with Crippen LogP contribution in [0.15, 0.2) is 66.7 Å². The Morgan fingerprint density at radius 1 is 0.750 bits per heavy atom. The number of aromatic nitrogens is 3. The summed E-state index contributed by atoms with van der Waals surface area (Å²) in [7, 11) is 0. The van der Waals surface area contributed by atoms with Crippen molar-refractivity contribution in [2.75, 3.05) is 0 Å². The van der Waals surface area contributed by atoms with Crippen LogP contribution in [0, 0.1) is 6.92 Å². The average molecular weight is 319 g/mol. The molecular formula is C19H17N3O2. The number of fused-ring (bicyclic) bond motifs is 1. The van der Waals surface area contributed by atoms with Crippen molar-refractivity contribution in [1.29, 1.82) is 0 Å². The number of aryl methyl sites for hydroxylation is 1. The van der Waals surface area contributed by atoms with Gasteiger partial charge in [0.1, 0.15) is 22.5 Å². The van der Waals surface area contributed by atoms with Gasteiger partial charge in [0.25, 0.3) is 0 Å². The molecule has 0 saturated heterocycles. The number of nitrogens with zero attached hydrogens (tertiary/aromatic N) is 2. The number of benzene rings is 3. The second-order valence-electron chi connectivity index (χ2n) is 5.35. The van der Waals surface area contributed by atoms with Crippen LogP contribution in [-0.2, 0) is 0 Å². The molecule has 3 N–H and O–H groups in total. The molecule has 0 radical (unpaired) electrons. The van der Waals surface area contributed by atoms with Crippen molar-refractivity contribution in [3.8, 4) is 22.6 Å². The summed E-state index contributed by atoms with van der Waals surface area (Å²) in [6, 6.07) is 20.0. The lowest BCUT2D eigenvalue weighted by Crippen LogP contribution is -1.81. The summed E-state index contributed by atoms with van der Waals surface area (Å²) in [6.07, 6.45) is 0. The molecule has 0 bridgehead atoms. The van der Waals surface area contributed by atoms with Gasteiger partial charge in [0.15, 0.2) is 0 Å². The fourth-order valence-electron chi connectivity index (χ4n) is 2.33. The Labute approximate surface area is 139 Å². The maximum absolute atomic E-state index is 9.80. The number of phenolic OH excluding ortho intramolecular Hbond substituents is 2. The minimum Gasteiger partial charge on any atom is -0.508 e. The summed E-state index contributed by atoms with van der Waals surface area (Å²) in [5.74, 6) is 0.577. The van der Waals surface area contributed by atoms with E-state index in [2.05, 4.69) is 15.4 Å². The standard InChI is InChI=1S/C12H9N3O.C7H8O/c16-11-7-2-1-4-8(11)9-5-3-6-10-12(9)14-15-13-10;1-6-2-4-7(8)5-3-6/h1-7,16H,(H,13,14,15);2-5,8H,1H3. The molecule has 0 saturated carbocycles. The minimum atomic E-state index is 0.248. The number of hydrogen-bond acceptors (Lipinski definition) is 4. The van der Waals surface area contributed by atoms with Gasteiger partial charge in [-0.1, -0.05) is 48.0 Å². The molecule has 0 atom stereocenters. The lowest BCUT2D eigenvalue weighted by molar-refractivity contribution is 0.475. The van der Waals surface area contributed by atoms with E-state index in [4.69, 9.17) is 5.11 Å². The lowest BCUT2D eigenvalue weighted by Gasteiger charge is -2.04. The van der Waals surface area contributed by atoms with Crippen molar-refractivity contribution >= 4 is 11.0 Å². The predicted octanol–water partition coefficient (Wildman–Crippen LogP) is 4.03. The number of phenols is 2. The fraction of sp³-hybridized carbons (Fsp3) is 0.0526. The van der Waals surface area contributed by atoms with Crippen LogP contribution in [0.1, 0.15) is 5.56 Å². The van der Waals surface area contributed by atoms with E-state index in [9.17, 15) is 5.11 Å². The molecule has 0 unspecified atom stereocenters. The summed E-state index contributed by atoms with van der Waals surface area (Å²) in [4.78, 5) is 0. The zero-order chi connectivity index (χ0) is 16.9. The lowest BCUT2D eigenvalue weighted by atomic mass is 10.0. The number of aromatic hydroxyl groups is 2. The van der Waals surface area contributed by atoms with Crippen molar-refractivity contribution in [1.82, 2.24) is 15.4 Å². The Balaban J connectivity index is 0.000000179. The van der Waals surface area contributed by atoms with Crippen molar-refractivity contribution in [3.05, 3.63) is 72.3 Å². The SMILES string of the molecule is Cc1ccc(O)cc1.Oc1ccccc1-c1cccc2n[nH]nc12. The predicted molar refractivity (Wildman–Crippen MR) is 93.8 cm³/mol. The van der Waals surface area contributed by atoms with E-state index in [-0.39, 0.29) is 5.75 Å². The van der Waals surface area contributed by atoms with Gasteiger partial charge in [-0.3, -0.25) is 0 Å². The van der Waals surface area contributed by atoms with Crippen LogP contribution < -0.4 is 0 Å². The van der Waals surface area contributed by atoms with Crippen LogP contribution >= 0.6 is 0 Å². The summed E-state index contributed by atoms with van der Waals surface area (Å²) >= 11 is 0. The molecule has 0 aliphatic rings. The minimum absolute atomic E-state index is 0.248. The Hall–Kier alpha value is -3.34. The van der Waals surface area contributed by atoms with Crippen LogP contribution in [-0.4, -0.2) is 25.6 Å². The van der Waals surface area contributed by atoms with Gasteiger partial charge in [-0.15, -0.1) is 0 Å². The molecule has 1 aromatic heterocycles. The van der Waals surface area contributed by atoms with Gasteiger partial charge in [0.05, 0.1) is 0 Å². The Kier molecular flexibility index (Phi) is 4.43. The molecule has 0 fully saturated rings. The molecule has 1 heterocycles. The van der Waals surface area contributed by atoms with Gasteiger partial charge in [-0.05, 0) is 31.2 Å². The summed E-state index contributed by atoms with van der Waals surface area (Å²) in [5, 5.41) is 29.3. The second-order valence-corrected chi connectivity index (χ2v) is 5.35. The number of nitrogens with one attached hydrogen (secondary N) is 1. The maximum atomic E-state index is 9.80. The molecule has 0 amide bonds. The Morgan fingerprint density at radius 3 is 2.17 bits per heavy atom. The normalized spacial score (nSPS) is 10.2. The summed E-state index contributed by atoms with van der Waals surface area (Å²) < 4.78 is 0. The van der Waals surface area contributed by atoms with Crippen molar-refractivity contribution in [3.63, 3.8) is 0 Å². The van der Waals surface area contributed by atoms with Crippen molar-refractivity contribution < 1.29 is 10.2 Å². The zero-order valence-corrected chi connectivity index (χ0v) is 13.1. The van der Waals surface area contributed by atoms with Crippen LogP contribution in [0.2, 0.25) is 0 Å². The number of H-pyrrole nitrogens is 1.